The second-order valence-corrected chi connectivity index (χ2v) is 5.08. The minimum absolute atomic E-state index is 0. The minimum Gasteiger partial charge on any atom is -0.324 e. The van der Waals surface area contributed by atoms with Crippen molar-refractivity contribution in [3.8, 4) is 0 Å². The molecule has 0 aromatic carbocycles. The Morgan fingerprint density at radius 1 is 1.21 bits per heavy atom. The molecule has 0 N–H and O–H groups in total. The van der Waals surface area contributed by atoms with Crippen LogP contribution in [-0.2, 0) is 0 Å². The lowest BCUT2D eigenvalue weighted by molar-refractivity contribution is -0.912. The van der Waals surface area contributed by atoms with Crippen LogP contribution in [0.1, 0.15) is 28.2 Å². The average molecular weight is 201 g/mol. The molecule has 0 unspecified atom stereocenters. The summed E-state index contributed by atoms with van der Waals surface area (Å²) in [6, 6.07) is 0. The van der Waals surface area contributed by atoms with Crippen LogP contribution in [0.3, 0.4) is 0 Å². The van der Waals surface area contributed by atoms with Gasteiger partial charge in [-0.3, -0.25) is 4.90 Å². The first kappa shape index (κ1) is 13.9. The monoisotopic (exact) mass is 201 g/mol. The summed E-state index contributed by atoms with van der Waals surface area (Å²) >= 11 is 0. The van der Waals surface area contributed by atoms with E-state index < -0.39 is 0 Å². The zero-order chi connectivity index (χ0) is 9.90. The predicted octanol–water partition coefficient (Wildman–Crippen LogP) is 2.06. The SMILES string of the molecule is C.CC[N+]1(C)CCN(CC(C)C)CC1. The highest BCUT2D eigenvalue weighted by molar-refractivity contribution is 4.64. The highest BCUT2D eigenvalue weighted by Crippen LogP contribution is 2.10. The number of hydrogen-bond donors (Lipinski definition) is 0. The Labute approximate surface area is 90.5 Å². The lowest BCUT2D eigenvalue weighted by Crippen LogP contribution is -2.57. The highest BCUT2D eigenvalue weighted by Gasteiger charge is 2.26. The fraction of sp³-hybridized carbons (Fsp3) is 1.00. The maximum atomic E-state index is 2.61. The van der Waals surface area contributed by atoms with Crippen molar-refractivity contribution in [2.45, 2.75) is 28.2 Å². The van der Waals surface area contributed by atoms with E-state index in [1.807, 2.05) is 0 Å². The lowest BCUT2D eigenvalue weighted by atomic mass is 10.2. The van der Waals surface area contributed by atoms with Gasteiger partial charge in [-0.15, -0.1) is 0 Å². The Kier molecular flexibility index (Phi) is 5.68. The van der Waals surface area contributed by atoms with Gasteiger partial charge in [0.05, 0.1) is 26.7 Å². The molecule has 1 heterocycles. The third-order valence-corrected chi connectivity index (χ3v) is 3.30. The molecule has 0 bridgehead atoms. The van der Waals surface area contributed by atoms with E-state index in [-0.39, 0.29) is 7.43 Å². The third-order valence-electron chi connectivity index (χ3n) is 3.30. The smallest absolute Gasteiger partial charge is 0.0914 e. The fourth-order valence-corrected chi connectivity index (χ4v) is 2.00. The van der Waals surface area contributed by atoms with E-state index in [4.69, 9.17) is 0 Å². The Morgan fingerprint density at radius 3 is 2.07 bits per heavy atom. The van der Waals surface area contributed by atoms with Crippen molar-refractivity contribution >= 4 is 0 Å². The molecule has 14 heavy (non-hydrogen) atoms. The first-order valence-electron chi connectivity index (χ1n) is 5.61. The van der Waals surface area contributed by atoms with Gasteiger partial charge in [-0.25, -0.2) is 0 Å². The van der Waals surface area contributed by atoms with Gasteiger partial charge < -0.3 is 4.48 Å². The molecule has 0 radical (unpaired) electrons. The van der Waals surface area contributed by atoms with E-state index in [2.05, 4.69) is 32.7 Å². The first-order chi connectivity index (χ1) is 6.06. The van der Waals surface area contributed by atoms with Crippen molar-refractivity contribution in [1.29, 1.82) is 0 Å². The van der Waals surface area contributed by atoms with E-state index in [9.17, 15) is 0 Å². The van der Waals surface area contributed by atoms with Gasteiger partial charge in [0, 0.05) is 19.6 Å². The number of piperazine rings is 1. The molecule has 2 nitrogen and oxygen atoms in total. The van der Waals surface area contributed by atoms with Crippen molar-refractivity contribution < 1.29 is 4.48 Å². The van der Waals surface area contributed by atoms with Crippen LogP contribution in [-0.4, -0.2) is 55.7 Å². The first-order valence-corrected chi connectivity index (χ1v) is 5.61. The van der Waals surface area contributed by atoms with Gasteiger partial charge >= 0.3 is 0 Å². The van der Waals surface area contributed by atoms with E-state index in [1.54, 1.807) is 0 Å². The van der Waals surface area contributed by atoms with Crippen LogP contribution in [0, 0.1) is 5.92 Å². The molecule has 1 aliphatic heterocycles. The van der Waals surface area contributed by atoms with Crippen molar-refractivity contribution in [3.63, 3.8) is 0 Å². The molecule has 1 saturated heterocycles. The van der Waals surface area contributed by atoms with Crippen molar-refractivity contribution in [2.75, 3.05) is 46.3 Å². The predicted molar refractivity (Wildman–Crippen MR) is 64.5 cm³/mol. The summed E-state index contributed by atoms with van der Waals surface area (Å²) in [4.78, 5) is 2.61. The second-order valence-electron chi connectivity index (χ2n) is 5.08. The Morgan fingerprint density at radius 2 is 1.71 bits per heavy atom. The fourth-order valence-electron chi connectivity index (χ4n) is 2.00. The summed E-state index contributed by atoms with van der Waals surface area (Å²) in [5, 5.41) is 0. The van der Waals surface area contributed by atoms with Crippen LogP contribution in [0.15, 0.2) is 0 Å². The molecular formula is C12H29N2+. The van der Waals surface area contributed by atoms with Crippen molar-refractivity contribution in [3.05, 3.63) is 0 Å². The Hall–Kier alpha value is -0.0800. The summed E-state index contributed by atoms with van der Waals surface area (Å²) in [5.41, 5.74) is 0. The number of rotatable bonds is 3. The molecule has 1 rings (SSSR count). The van der Waals surface area contributed by atoms with Crippen LogP contribution < -0.4 is 0 Å². The van der Waals surface area contributed by atoms with Gasteiger partial charge in [0.2, 0.25) is 0 Å². The lowest BCUT2D eigenvalue weighted by Gasteiger charge is -2.41. The Bertz CT molecular complexity index is 146. The molecule has 1 aliphatic rings. The van der Waals surface area contributed by atoms with E-state index in [0.29, 0.717) is 0 Å². The number of hydrogen-bond acceptors (Lipinski definition) is 1. The summed E-state index contributed by atoms with van der Waals surface area (Å²) in [7, 11) is 2.38. The van der Waals surface area contributed by atoms with Gasteiger partial charge in [0.1, 0.15) is 0 Å². The van der Waals surface area contributed by atoms with Gasteiger partial charge in [0.15, 0.2) is 0 Å². The summed E-state index contributed by atoms with van der Waals surface area (Å²) in [6.45, 7) is 14.7. The second kappa shape index (κ2) is 5.72. The molecule has 1 fully saturated rings. The molecule has 0 spiro atoms. The van der Waals surface area contributed by atoms with Gasteiger partial charge in [0.25, 0.3) is 0 Å². The molecule has 0 aromatic heterocycles. The largest absolute Gasteiger partial charge is 0.324 e. The van der Waals surface area contributed by atoms with E-state index in [1.165, 1.54) is 43.8 Å². The standard InChI is InChI=1S/C11H25N2.CH4/c1-5-13(4)8-6-12(7-9-13)10-11(2)3;/h11H,5-10H2,1-4H3;1H4/q+1;. The zero-order valence-corrected chi connectivity index (χ0v) is 9.71. The summed E-state index contributed by atoms with van der Waals surface area (Å²) < 4.78 is 1.27. The maximum Gasteiger partial charge on any atom is 0.0914 e. The average Bonchev–Trinajstić information content (AvgIpc) is 2.09. The molecule has 0 atom stereocenters. The van der Waals surface area contributed by atoms with Crippen LogP contribution in [0.25, 0.3) is 0 Å². The van der Waals surface area contributed by atoms with Crippen molar-refractivity contribution in [1.82, 2.24) is 4.90 Å². The number of quaternary nitrogens is 1. The minimum atomic E-state index is 0. The molecule has 0 amide bonds. The maximum absolute atomic E-state index is 2.61. The van der Waals surface area contributed by atoms with Crippen LogP contribution >= 0.6 is 0 Å². The number of likely N-dealkylation sites (N-methyl/N-ethyl adjacent to an activating group) is 1. The highest BCUT2D eigenvalue weighted by atomic mass is 15.4. The quantitative estimate of drug-likeness (QED) is 0.632. The van der Waals surface area contributed by atoms with Crippen LogP contribution in [0.4, 0.5) is 0 Å². The number of nitrogens with zero attached hydrogens (tertiary/aromatic N) is 2. The van der Waals surface area contributed by atoms with E-state index in [0.717, 1.165) is 5.92 Å². The normalized spacial score (nSPS) is 22.1. The molecule has 2 heteroatoms. The molecule has 0 aliphatic carbocycles. The van der Waals surface area contributed by atoms with Crippen LogP contribution in [0.2, 0.25) is 0 Å². The topological polar surface area (TPSA) is 3.24 Å². The van der Waals surface area contributed by atoms with Crippen molar-refractivity contribution in [2.24, 2.45) is 5.92 Å². The van der Waals surface area contributed by atoms with Crippen LogP contribution in [0.5, 0.6) is 0 Å². The van der Waals surface area contributed by atoms with Gasteiger partial charge in [-0.1, -0.05) is 21.3 Å². The van der Waals surface area contributed by atoms with Gasteiger partial charge in [-0.2, -0.15) is 0 Å². The molecule has 86 valence electrons. The molecule has 0 aromatic rings. The Balaban J connectivity index is 0.00000169. The summed E-state index contributed by atoms with van der Waals surface area (Å²) in [5.74, 6) is 0.818. The van der Waals surface area contributed by atoms with E-state index >= 15 is 0 Å². The molecular weight excluding hydrogens is 172 g/mol. The summed E-state index contributed by atoms with van der Waals surface area (Å²) in [6.07, 6.45) is 0. The van der Waals surface area contributed by atoms with Gasteiger partial charge in [-0.05, 0) is 12.8 Å². The zero-order valence-electron chi connectivity index (χ0n) is 9.71. The molecule has 0 saturated carbocycles. The third kappa shape index (κ3) is 3.97.